The maximum atomic E-state index is 2.59. The van der Waals surface area contributed by atoms with Crippen LogP contribution in [0.5, 0.6) is 0 Å². The first-order valence-corrected chi connectivity index (χ1v) is 15.7. The van der Waals surface area contributed by atoms with E-state index in [9.17, 15) is 0 Å². The van der Waals surface area contributed by atoms with Crippen LogP contribution < -0.4 is 0 Å². The molecule has 214 valence electrons. The van der Waals surface area contributed by atoms with Gasteiger partial charge in [-0.15, -0.1) is 0 Å². The quantitative estimate of drug-likeness (QED) is 0.165. The molecule has 0 aliphatic heterocycles. The molecule has 0 aliphatic carbocycles. The molecule has 0 N–H and O–H groups in total. The molecule has 8 aromatic rings. The molecule has 8 rings (SSSR count). The summed E-state index contributed by atoms with van der Waals surface area (Å²) >= 11 is 0. The number of hydrogen-bond donors (Lipinski definition) is 0. The second-order valence-corrected chi connectivity index (χ2v) is 17.3. The van der Waals surface area contributed by atoms with Crippen LogP contribution in [0.4, 0.5) is 0 Å². The minimum Gasteiger partial charge on any atom is -0.246 e. The minimum absolute atomic E-state index is 0.0428. The first-order chi connectivity index (χ1) is 19.4. The molecule has 0 bridgehead atoms. The molecule has 0 amide bonds. The Kier molecular flexibility index (Phi) is 4.56. The number of rotatable bonds is 0. The fourth-order valence-electron chi connectivity index (χ4n) is 7.45. The van der Waals surface area contributed by atoms with Gasteiger partial charge in [0.15, 0.2) is 0 Å². The standard InChI is InChI=1S/C40H44N2/c1-37(2,3)21-13-25-26-14-22(38(4,5)6)19-31-32-20-24(40(10,11)12)16-28-27-15-23(39(7,8)9)18-30-29(17-21)33(25)41(34(26)31)42(35(27)30)36(28)32/h13-20H,1-12H3. The van der Waals surface area contributed by atoms with Crippen LogP contribution >= 0.6 is 0 Å². The molecule has 0 radical (unpaired) electrons. The van der Waals surface area contributed by atoms with E-state index >= 15 is 0 Å². The summed E-state index contributed by atoms with van der Waals surface area (Å²) in [4.78, 5) is 0. The van der Waals surface area contributed by atoms with Crippen molar-refractivity contribution in [3.63, 3.8) is 0 Å². The summed E-state index contributed by atoms with van der Waals surface area (Å²) in [6.45, 7) is 28.2. The molecule has 0 spiro atoms. The predicted octanol–water partition coefficient (Wildman–Crippen LogP) is 11.5. The molecule has 0 unspecified atom stereocenters. The zero-order chi connectivity index (χ0) is 30.0. The predicted molar refractivity (Wildman–Crippen MR) is 184 cm³/mol. The van der Waals surface area contributed by atoms with Gasteiger partial charge >= 0.3 is 0 Å². The van der Waals surface area contributed by atoms with Gasteiger partial charge in [-0.3, -0.25) is 0 Å². The molecule has 4 aromatic carbocycles. The van der Waals surface area contributed by atoms with E-state index in [4.69, 9.17) is 0 Å². The van der Waals surface area contributed by atoms with Crippen LogP contribution in [-0.2, 0) is 21.7 Å². The Bertz CT molecular complexity index is 2030. The Morgan fingerprint density at radius 3 is 0.548 bits per heavy atom. The van der Waals surface area contributed by atoms with Gasteiger partial charge in [0.1, 0.15) is 0 Å². The lowest BCUT2D eigenvalue weighted by molar-refractivity contribution is 0.590. The number of hydrogen-bond acceptors (Lipinski definition) is 0. The van der Waals surface area contributed by atoms with E-state index in [1.54, 1.807) is 0 Å². The zero-order valence-electron chi connectivity index (χ0n) is 27.5. The average molecular weight is 553 g/mol. The molecule has 0 saturated heterocycles. The van der Waals surface area contributed by atoms with Crippen LogP contribution in [0.15, 0.2) is 48.5 Å². The van der Waals surface area contributed by atoms with E-state index in [1.807, 2.05) is 0 Å². The lowest BCUT2D eigenvalue weighted by Crippen LogP contribution is -2.13. The van der Waals surface area contributed by atoms with Crippen LogP contribution in [0.3, 0.4) is 0 Å². The maximum absolute atomic E-state index is 2.59. The highest BCUT2D eigenvalue weighted by atomic mass is 15.3. The van der Waals surface area contributed by atoms with Crippen molar-refractivity contribution in [3.8, 4) is 0 Å². The first-order valence-electron chi connectivity index (χ1n) is 15.7. The lowest BCUT2D eigenvalue weighted by atomic mass is 9.81. The third-order valence-corrected chi connectivity index (χ3v) is 10.1. The van der Waals surface area contributed by atoms with Gasteiger partial charge in [0.25, 0.3) is 0 Å². The van der Waals surface area contributed by atoms with Crippen LogP contribution in [-0.4, -0.2) is 9.03 Å². The van der Waals surface area contributed by atoms with Crippen LogP contribution in [0.25, 0.3) is 65.2 Å². The summed E-state index contributed by atoms with van der Waals surface area (Å²) < 4.78 is 5.18. The van der Waals surface area contributed by atoms with E-state index in [1.165, 1.54) is 87.4 Å². The van der Waals surface area contributed by atoms with Crippen molar-refractivity contribution in [2.75, 3.05) is 0 Å². The Balaban J connectivity index is 1.80. The molecule has 4 aromatic heterocycles. The van der Waals surface area contributed by atoms with Gasteiger partial charge in [0.05, 0.1) is 22.1 Å². The minimum atomic E-state index is 0.0428. The molecule has 4 heterocycles. The van der Waals surface area contributed by atoms with E-state index in [0.717, 1.165) is 0 Å². The molecular weight excluding hydrogens is 508 g/mol. The van der Waals surface area contributed by atoms with Crippen molar-refractivity contribution in [2.45, 2.75) is 105 Å². The van der Waals surface area contributed by atoms with Gasteiger partial charge in [-0.25, -0.2) is 9.03 Å². The van der Waals surface area contributed by atoms with E-state index in [-0.39, 0.29) is 21.7 Å². The molecule has 42 heavy (non-hydrogen) atoms. The number of fused-ring (bicyclic) bond motifs is 4. The third-order valence-electron chi connectivity index (χ3n) is 10.1. The first kappa shape index (κ1) is 26.1. The second-order valence-electron chi connectivity index (χ2n) is 17.3. The highest BCUT2D eigenvalue weighted by Gasteiger charge is 2.31. The normalized spacial score (nSPS) is 14.7. The van der Waals surface area contributed by atoms with Gasteiger partial charge in [-0.05, 0) is 92.4 Å². The van der Waals surface area contributed by atoms with Crippen LogP contribution in [0, 0.1) is 0 Å². The Morgan fingerprint density at radius 1 is 0.286 bits per heavy atom. The highest BCUT2D eigenvalue weighted by Crippen LogP contribution is 2.50. The molecule has 2 nitrogen and oxygen atoms in total. The molecule has 2 heteroatoms. The zero-order valence-corrected chi connectivity index (χ0v) is 27.5. The summed E-state index contributed by atoms with van der Waals surface area (Å²) in [5.41, 5.74) is 11.2. The van der Waals surface area contributed by atoms with Gasteiger partial charge in [0.2, 0.25) is 0 Å². The Morgan fingerprint density at radius 2 is 0.429 bits per heavy atom. The largest absolute Gasteiger partial charge is 0.246 e. The summed E-state index contributed by atoms with van der Waals surface area (Å²) in [6.07, 6.45) is 0. The number of benzene rings is 4. The Labute approximate surface area is 249 Å². The topological polar surface area (TPSA) is 8.82 Å². The summed E-state index contributed by atoms with van der Waals surface area (Å²) in [7, 11) is 0. The van der Waals surface area contributed by atoms with E-state index in [0.29, 0.717) is 0 Å². The van der Waals surface area contributed by atoms with Crippen molar-refractivity contribution in [3.05, 3.63) is 70.8 Å². The maximum Gasteiger partial charge on any atom is 0.0795 e. The van der Waals surface area contributed by atoms with Crippen molar-refractivity contribution >= 4 is 65.2 Å². The van der Waals surface area contributed by atoms with E-state index < -0.39 is 0 Å². The smallest absolute Gasteiger partial charge is 0.0795 e. The molecule has 0 fully saturated rings. The molecular formula is C40H44N2. The van der Waals surface area contributed by atoms with Crippen LogP contribution in [0.1, 0.15) is 105 Å². The van der Waals surface area contributed by atoms with Crippen molar-refractivity contribution in [1.29, 1.82) is 0 Å². The van der Waals surface area contributed by atoms with Gasteiger partial charge in [0, 0.05) is 43.1 Å². The van der Waals surface area contributed by atoms with Crippen LogP contribution in [0.2, 0.25) is 0 Å². The second kappa shape index (κ2) is 7.33. The van der Waals surface area contributed by atoms with E-state index in [2.05, 4.69) is 141 Å². The van der Waals surface area contributed by atoms with Crippen molar-refractivity contribution < 1.29 is 0 Å². The van der Waals surface area contributed by atoms with Gasteiger partial charge < -0.3 is 0 Å². The summed E-state index contributed by atoms with van der Waals surface area (Å²) in [6, 6.07) is 20.0. The average Bonchev–Trinajstić information content (AvgIpc) is 3.38. The van der Waals surface area contributed by atoms with Gasteiger partial charge in [-0.2, -0.15) is 0 Å². The molecule has 0 aliphatic rings. The molecule has 0 saturated carbocycles. The van der Waals surface area contributed by atoms with Crippen molar-refractivity contribution in [1.82, 2.24) is 9.03 Å². The summed E-state index contributed by atoms with van der Waals surface area (Å²) in [5, 5.41) is 11.0. The van der Waals surface area contributed by atoms with Gasteiger partial charge in [-0.1, -0.05) is 83.1 Å². The Hall–Kier alpha value is -3.52. The number of aromatic nitrogens is 2. The highest BCUT2D eigenvalue weighted by molar-refractivity contribution is 6.32. The lowest BCUT2D eigenvalue weighted by Gasteiger charge is -2.23. The fraction of sp³-hybridized carbons (Fsp3) is 0.400. The third kappa shape index (κ3) is 3.16. The SMILES string of the molecule is CC(C)(C)c1cc2c3cc(C(C)(C)C)cc4c5cc(C(C)(C)C)cc6c7cc(C(C)(C)C)cc8c(c1)c2n(c34)n(c78)c65. The molecule has 0 atom stereocenters. The summed E-state index contributed by atoms with van der Waals surface area (Å²) in [5.74, 6) is 0. The van der Waals surface area contributed by atoms with Crippen molar-refractivity contribution in [2.24, 2.45) is 0 Å². The monoisotopic (exact) mass is 552 g/mol. The number of nitrogens with zero attached hydrogens (tertiary/aromatic N) is 2. The fourth-order valence-corrected chi connectivity index (χ4v) is 7.45.